The molecule has 0 saturated carbocycles. The van der Waals surface area contributed by atoms with Gasteiger partial charge in [-0.15, -0.1) is 0 Å². The Hall–Kier alpha value is -1.37. The third-order valence-corrected chi connectivity index (χ3v) is 3.23. The standard InChI is InChI=1S/C12H19BrN4O2/c1-3-7-17-12(19)11(13)9(8-16-17)15-6-5-10(18)14-4-2/h8,15H,3-7H2,1-2H3,(H,14,18). The lowest BCUT2D eigenvalue weighted by Gasteiger charge is -2.09. The van der Waals surface area contributed by atoms with Gasteiger partial charge in [0.15, 0.2) is 0 Å². The van der Waals surface area contributed by atoms with Crippen molar-refractivity contribution >= 4 is 27.5 Å². The topological polar surface area (TPSA) is 76.0 Å². The molecule has 6 nitrogen and oxygen atoms in total. The van der Waals surface area contributed by atoms with Crippen molar-refractivity contribution in [2.45, 2.75) is 33.2 Å². The largest absolute Gasteiger partial charge is 0.382 e. The third-order valence-electron chi connectivity index (χ3n) is 2.46. The predicted octanol–water partition coefficient (Wildman–Crippen LogP) is 1.35. The van der Waals surface area contributed by atoms with Gasteiger partial charge in [0, 0.05) is 26.1 Å². The predicted molar refractivity (Wildman–Crippen MR) is 78.3 cm³/mol. The van der Waals surface area contributed by atoms with Gasteiger partial charge in [-0.25, -0.2) is 4.68 Å². The molecule has 1 aromatic heterocycles. The van der Waals surface area contributed by atoms with Gasteiger partial charge in [-0.3, -0.25) is 9.59 Å². The average Bonchev–Trinajstić information content (AvgIpc) is 2.38. The molecular formula is C12H19BrN4O2. The molecule has 0 bridgehead atoms. The summed E-state index contributed by atoms with van der Waals surface area (Å²) >= 11 is 3.26. The summed E-state index contributed by atoms with van der Waals surface area (Å²) in [6.45, 7) is 5.54. The van der Waals surface area contributed by atoms with Gasteiger partial charge >= 0.3 is 0 Å². The van der Waals surface area contributed by atoms with E-state index in [0.717, 1.165) is 6.42 Å². The summed E-state index contributed by atoms with van der Waals surface area (Å²) in [6, 6.07) is 0. The van der Waals surface area contributed by atoms with Gasteiger partial charge in [-0.1, -0.05) is 6.92 Å². The number of rotatable bonds is 7. The van der Waals surface area contributed by atoms with E-state index < -0.39 is 0 Å². The molecule has 0 unspecified atom stereocenters. The second-order valence-corrected chi connectivity index (χ2v) is 4.82. The van der Waals surface area contributed by atoms with E-state index in [1.165, 1.54) is 4.68 Å². The van der Waals surface area contributed by atoms with Crippen LogP contribution in [0.15, 0.2) is 15.5 Å². The van der Waals surface area contributed by atoms with Gasteiger partial charge in [0.25, 0.3) is 5.56 Å². The van der Waals surface area contributed by atoms with Crippen LogP contribution in [0.4, 0.5) is 5.69 Å². The Labute approximate surface area is 120 Å². The number of nitrogens with one attached hydrogen (secondary N) is 2. The van der Waals surface area contributed by atoms with Gasteiger partial charge in [0.1, 0.15) is 4.47 Å². The number of carbonyl (C=O) groups is 1. The number of carbonyl (C=O) groups excluding carboxylic acids is 1. The molecule has 0 aliphatic carbocycles. The molecule has 0 aromatic carbocycles. The summed E-state index contributed by atoms with van der Waals surface area (Å²) in [6.07, 6.45) is 2.81. The van der Waals surface area contributed by atoms with Crippen molar-refractivity contribution in [2.75, 3.05) is 18.4 Å². The first-order chi connectivity index (χ1) is 9.10. The number of nitrogens with zero attached hydrogens (tertiary/aromatic N) is 2. The van der Waals surface area contributed by atoms with E-state index in [9.17, 15) is 9.59 Å². The van der Waals surface area contributed by atoms with Crippen LogP contribution in [0, 0.1) is 0 Å². The molecule has 1 rings (SSSR count). The minimum Gasteiger partial charge on any atom is -0.382 e. The Bertz CT molecular complexity index is 487. The summed E-state index contributed by atoms with van der Waals surface area (Å²) in [7, 11) is 0. The summed E-state index contributed by atoms with van der Waals surface area (Å²) < 4.78 is 1.87. The zero-order valence-corrected chi connectivity index (χ0v) is 12.8. The molecular weight excluding hydrogens is 312 g/mol. The van der Waals surface area contributed by atoms with Crippen LogP contribution in [0.2, 0.25) is 0 Å². The van der Waals surface area contributed by atoms with E-state index in [2.05, 4.69) is 31.7 Å². The lowest BCUT2D eigenvalue weighted by molar-refractivity contribution is -0.120. The van der Waals surface area contributed by atoms with Crippen molar-refractivity contribution in [3.63, 3.8) is 0 Å². The smallest absolute Gasteiger partial charge is 0.283 e. The Morgan fingerprint density at radius 3 is 2.84 bits per heavy atom. The normalized spacial score (nSPS) is 10.3. The molecule has 0 aliphatic rings. The van der Waals surface area contributed by atoms with Crippen molar-refractivity contribution < 1.29 is 4.79 Å². The molecule has 0 fully saturated rings. The maximum absolute atomic E-state index is 11.9. The molecule has 1 heterocycles. The number of halogens is 1. The maximum Gasteiger partial charge on any atom is 0.283 e. The highest BCUT2D eigenvalue weighted by Gasteiger charge is 2.08. The first kappa shape index (κ1) is 15.7. The quantitative estimate of drug-likeness (QED) is 0.791. The second kappa shape index (κ2) is 7.93. The van der Waals surface area contributed by atoms with Crippen molar-refractivity contribution in [1.29, 1.82) is 0 Å². The molecule has 106 valence electrons. The molecule has 1 aromatic rings. The highest BCUT2D eigenvalue weighted by Crippen LogP contribution is 2.15. The molecule has 2 N–H and O–H groups in total. The number of hydrogen-bond donors (Lipinski definition) is 2. The van der Waals surface area contributed by atoms with Crippen LogP contribution in [0.3, 0.4) is 0 Å². The van der Waals surface area contributed by atoms with Crippen LogP contribution in [-0.4, -0.2) is 28.8 Å². The monoisotopic (exact) mass is 330 g/mol. The second-order valence-electron chi connectivity index (χ2n) is 4.03. The van der Waals surface area contributed by atoms with Crippen molar-refractivity contribution in [3.05, 3.63) is 21.0 Å². The van der Waals surface area contributed by atoms with E-state index in [1.807, 2.05) is 13.8 Å². The van der Waals surface area contributed by atoms with Crippen LogP contribution in [0.1, 0.15) is 26.7 Å². The number of anilines is 1. The number of aromatic nitrogens is 2. The minimum absolute atomic E-state index is 0.0154. The lowest BCUT2D eigenvalue weighted by atomic mass is 10.3. The first-order valence-electron chi connectivity index (χ1n) is 6.36. The van der Waals surface area contributed by atoms with Crippen molar-refractivity contribution in [1.82, 2.24) is 15.1 Å². The zero-order chi connectivity index (χ0) is 14.3. The summed E-state index contributed by atoms with van der Waals surface area (Å²) in [5.41, 5.74) is 0.450. The number of aryl methyl sites for hydroxylation is 1. The first-order valence-corrected chi connectivity index (χ1v) is 7.15. The molecule has 19 heavy (non-hydrogen) atoms. The fourth-order valence-electron chi connectivity index (χ4n) is 1.56. The van der Waals surface area contributed by atoms with Crippen LogP contribution < -0.4 is 16.2 Å². The maximum atomic E-state index is 11.9. The van der Waals surface area contributed by atoms with Gasteiger partial charge in [0.2, 0.25) is 5.91 Å². The Kier molecular flexibility index (Phi) is 6.55. The van der Waals surface area contributed by atoms with Gasteiger partial charge in [-0.2, -0.15) is 5.10 Å². The highest BCUT2D eigenvalue weighted by atomic mass is 79.9. The van der Waals surface area contributed by atoms with Crippen LogP contribution in [-0.2, 0) is 11.3 Å². The van der Waals surface area contributed by atoms with Gasteiger partial charge in [0.05, 0.1) is 11.9 Å². The highest BCUT2D eigenvalue weighted by molar-refractivity contribution is 9.10. The van der Waals surface area contributed by atoms with Crippen molar-refractivity contribution in [2.24, 2.45) is 0 Å². The summed E-state index contributed by atoms with van der Waals surface area (Å²) in [5.74, 6) is -0.0154. The number of amides is 1. The summed E-state index contributed by atoms with van der Waals surface area (Å²) in [5, 5.41) is 9.81. The fourth-order valence-corrected chi connectivity index (χ4v) is 2.00. The molecule has 7 heteroatoms. The van der Waals surface area contributed by atoms with E-state index in [-0.39, 0.29) is 11.5 Å². The van der Waals surface area contributed by atoms with Crippen LogP contribution in [0.5, 0.6) is 0 Å². The van der Waals surface area contributed by atoms with Crippen LogP contribution in [0.25, 0.3) is 0 Å². The van der Waals surface area contributed by atoms with Gasteiger partial charge < -0.3 is 10.6 Å². The number of hydrogen-bond acceptors (Lipinski definition) is 4. The molecule has 0 aliphatic heterocycles. The van der Waals surface area contributed by atoms with E-state index in [1.54, 1.807) is 6.20 Å². The van der Waals surface area contributed by atoms with E-state index in [4.69, 9.17) is 0 Å². The third kappa shape index (κ3) is 4.66. The minimum atomic E-state index is -0.162. The van der Waals surface area contributed by atoms with E-state index >= 15 is 0 Å². The molecule has 1 amide bonds. The lowest BCUT2D eigenvalue weighted by Crippen LogP contribution is -2.26. The Morgan fingerprint density at radius 1 is 1.47 bits per heavy atom. The Morgan fingerprint density at radius 2 is 2.21 bits per heavy atom. The SMILES string of the molecule is CCCn1ncc(NCCC(=O)NCC)c(Br)c1=O. The summed E-state index contributed by atoms with van der Waals surface area (Å²) in [4.78, 5) is 23.2. The average molecular weight is 331 g/mol. The molecule has 0 atom stereocenters. The molecule has 0 spiro atoms. The fraction of sp³-hybridized carbons (Fsp3) is 0.583. The molecule has 0 radical (unpaired) electrons. The van der Waals surface area contributed by atoms with Crippen molar-refractivity contribution in [3.8, 4) is 0 Å². The Balaban J connectivity index is 2.62. The van der Waals surface area contributed by atoms with Gasteiger partial charge in [-0.05, 0) is 29.3 Å². The zero-order valence-electron chi connectivity index (χ0n) is 11.2. The molecule has 0 saturated heterocycles. The van der Waals surface area contributed by atoms with Crippen LogP contribution >= 0.6 is 15.9 Å². The van der Waals surface area contributed by atoms with E-state index in [0.29, 0.717) is 36.2 Å².